The van der Waals surface area contributed by atoms with Gasteiger partial charge < -0.3 is 10.4 Å². The Morgan fingerprint density at radius 2 is 2.11 bits per heavy atom. The number of hydrogen-bond donors (Lipinski definition) is 2. The van der Waals surface area contributed by atoms with Gasteiger partial charge in [0.2, 0.25) is 0 Å². The van der Waals surface area contributed by atoms with Crippen molar-refractivity contribution in [2.24, 2.45) is 5.92 Å². The van der Waals surface area contributed by atoms with Gasteiger partial charge in [-0.2, -0.15) is 0 Å². The maximum Gasteiger partial charge on any atom is 0.326 e. The zero-order valence-corrected chi connectivity index (χ0v) is 11.5. The van der Waals surface area contributed by atoms with Crippen molar-refractivity contribution in [3.05, 3.63) is 29.6 Å². The minimum absolute atomic E-state index is 0.191. The monoisotopic (exact) mass is 264 g/mol. The first-order valence-electron chi connectivity index (χ1n) is 6.42. The lowest BCUT2D eigenvalue weighted by atomic mass is 10.0. The van der Waals surface area contributed by atoms with E-state index in [4.69, 9.17) is 5.11 Å². The van der Waals surface area contributed by atoms with Crippen LogP contribution in [-0.4, -0.2) is 28.0 Å². The Bertz CT molecular complexity index is 458. The van der Waals surface area contributed by atoms with Crippen molar-refractivity contribution in [2.45, 2.75) is 39.7 Å². The van der Waals surface area contributed by atoms with Gasteiger partial charge in [-0.3, -0.25) is 9.78 Å². The molecule has 0 aliphatic rings. The van der Waals surface area contributed by atoms with Gasteiger partial charge in [0.05, 0.1) is 0 Å². The van der Waals surface area contributed by atoms with Crippen LogP contribution in [0.5, 0.6) is 0 Å². The van der Waals surface area contributed by atoms with Crippen molar-refractivity contribution in [1.82, 2.24) is 10.3 Å². The van der Waals surface area contributed by atoms with Crippen LogP contribution in [0.3, 0.4) is 0 Å². The number of carbonyl (C=O) groups excluding carboxylic acids is 1. The zero-order valence-electron chi connectivity index (χ0n) is 11.5. The first-order chi connectivity index (χ1) is 8.93. The highest BCUT2D eigenvalue weighted by Gasteiger charge is 2.22. The van der Waals surface area contributed by atoms with E-state index in [0.717, 1.165) is 12.0 Å². The first-order valence-corrected chi connectivity index (χ1v) is 6.42. The normalized spacial score (nSPS) is 12.2. The molecule has 0 unspecified atom stereocenters. The number of carboxylic acid groups (broad SMARTS) is 1. The number of carboxylic acids is 1. The average molecular weight is 264 g/mol. The topological polar surface area (TPSA) is 79.3 Å². The maximum absolute atomic E-state index is 12.0. The lowest BCUT2D eigenvalue weighted by molar-refractivity contribution is -0.139. The fourth-order valence-corrected chi connectivity index (χ4v) is 1.74. The van der Waals surface area contributed by atoms with Gasteiger partial charge in [0, 0.05) is 6.20 Å². The van der Waals surface area contributed by atoms with Gasteiger partial charge in [-0.15, -0.1) is 0 Å². The van der Waals surface area contributed by atoms with Crippen LogP contribution in [0.1, 0.15) is 43.2 Å². The van der Waals surface area contributed by atoms with E-state index in [1.807, 2.05) is 26.8 Å². The van der Waals surface area contributed by atoms with E-state index >= 15 is 0 Å². The summed E-state index contributed by atoms with van der Waals surface area (Å²) in [5.74, 6) is -1.27. The van der Waals surface area contributed by atoms with Gasteiger partial charge in [0.15, 0.2) is 0 Å². The standard InChI is InChI=1S/C14H20N2O3/c1-4-10-5-6-15-11(8-10)13(17)16-12(14(18)19)7-9(2)3/h5-6,8-9,12H,4,7H2,1-3H3,(H,16,17)(H,18,19)/t12-/m1/s1. The molecule has 0 fully saturated rings. The summed E-state index contributed by atoms with van der Waals surface area (Å²) in [5.41, 5.74) is 1.25. The summed E-state index contributed by atoms with van der Waals surface area (Å²) in [6, 6.07) is 2.64. The van der Waals surface area contributed by atoms with Crippen LogP contribution in [0.2, 0.25) is 0 Å². The summed E-state index contributed by atoms with van der Waals surface area (Å²) in [6.07, 6.45) is 2.76. The molecule has 1 atom stereocenters. The third-order valence-corrected chi connectivity index (χ3v) is 2.78. The zero-order chi connectivity index (χ0) is 14.4. The summed E-state index contributed by atoms with van der Waals surface area (Å²) in [4.78, 5) is 27.0. The molecule has 0 radical (unpaired) electrons. The predicted octanol–water partition coefficient (Wildman–Crippen LogP) is 1.87. The second kappa shape index (κ2) is 6.87. The fraction of sp³-hybridized carbons (Fsp3) is 0.500. The van der Waals surface area contributed by atoms with Crippen LogP contribution < -0.4 is 5.32 Å². The number of rotatable bonds is 6. The molecule has 0 bridgehead atoms. The molecule has 5 heteroatoms. The summed E-state index contributed by atoms with van der Waals surface area (Å²) >= 11 is 0. The lowest BCUT2D eigenvalue weighted by Gasteiger charge is -2.16. The van der Waals surface area contributed by atoms with E-state index in [0.29, 0.717) is 6.42 Å². The second-order valence-corrected chi connectivity index (χ2v) is 4.90. The molecule has 19 heavy (non-hydrogen) atoms. The van der Waals surface area contributed by atoms with Crippen LogP contribution in [0.25, 0.3) is 0 Å². The van der Waals surface area contributed by atoms with Gasteiger partial charge in [-0.1, -0.05) is 20.8 Å². The number of pyridine rings is 1. The van der Waals surface area contributed by atoms with E-state index in [1.165, 1.54) is 0 Å². The van der Waals surface area contributed by atoms with Gasteiger partial charge in [0.25, 0.3) is 5.91 Å². The SMILES string of the molecule is CCc1ccnc(C(=O)N[C@H](CC(C)C)C(=O)O)c1. The van der Waals surface area contributed by atoms with Crippen molar-refractivity contribution < 1.29 is 14.7 Å². The number of nitrogens with one attached hydrogen (secondary N) is 1. The first kappa shape index (κ1) is 15.1. The summed E-state index contributed by atoms with van der Waals surface area (Å²) < 4.78 is 0. The average Bonchev–Trinajstić information content (AvgIpc) is 2.37. The molecule has 1 rings (SSSR count). The van der Waals surface area contributed by atoms with E-state index in [2.05, 4.69) is 10.3 Å². The second-order valence-electron chi connectivity index (χ2n) is 4.90. The third-order valence-electron chi connectivity index (χ3n) is 2.78. The molecule has 0 aliphatic heterocycles. The minimum atomic E-state index is -1.02. The molecule has 0 saturated carbocycles. The fourth-order valence-electron chi connectivity index (χ4n) is 1.74. The Hall–Kier alpha value is -1.91. The van der Waals surface area contributed by atoms with Gasteiger partial charge in [0.1, 0.15) is 11.7 Å². The highest BCUT2D eigenvalue weighted by Crippen LogP contribution is 2.07. The van der Waals surface area contributed by atoms with Gasteiger partial charge in [-0.25, -0.2) is 4.79 Å². The number of aryl methyl sites for hydroxylation is 1. The molecule has 2 N–H and O–H groups in total. The Morgan fingerprint density at radius 1 is 1.42 bits per heavy atom. The molecule has 104 valence electrons. The van der Waals surface area contributed by atoms with E-state index in [-0.39, 0.29) is 11.6 Å². The Balaban J connectivity index is 2.78. The highest BCUT2D eigenvalue weighted by molar-refractivity contribution is 5.95. The molecule has 0 aromatic carbocycles. The number of aromatic nitrogens is 1. The third kappa shape index (κ3) is 4.69. The number of aliphatic carboxylic acids is 1. The quantitative estimate of drug-likeness (QED) is 0.822. The number of carbonyl (C=O) groups is 2. The van der Waals surface area contributed by atoms with Crippen LogP contribution in [0.4, 0.5) is 0 Å². The van der Waals surface area contributed by atoms with E-state index in [1.54, 1.807) is 12.3 Å². The van der Waals surface area contributed by atoms with E-state index < -0.39 is 17.9 Å². The molecular weight excluding hydrogens is 244 g/mol. The summed E-state index contributed by atoms with van der Waals surface area (Å²) in [6.45, 7) is 5.81. The molecule has 1 aromatic heterocycles. The molecule has 0 aliphatic carbocycles. The van der Waals surface area contributed by atoms with Gasteiger partial charge in [-0.05, 0) is 36.5 Å². The maximum atomic E-state index is 12.0. The van der Waals surface area contributed by atoms with Crippen molar-refractivity contribution in [3.63, 3.8) is 0 Å². The highest BCUT2D eigenvalue weighted by atomic mass is 16.4. The number of amides is 1. The van der Waals surface area contributed by atoms with Crippen LogP contribution in [0, 0.1) is 5.92 Å². The molecule has 1 aromatic rings. The van der Waals surface area contributed by atoms with Crippen LogP contribution in [0.15, 0.2) is 18.3 Å². The minimum Gasteiger partial charge on any atom is -0.480 e. The molecule has 0 spiro atoms. The number of nitrogens with zero attached hydrogens (tertiary/aromatic N) is 1. The van der Waals surface area contributed by atoms with Gasteiger partial charge >= 0.3 is 5.97 Å². The molecule has 0 saturated heterocycles. The van der Waals surface area contributed by atoms with Crippen molar-refractivity contribution in [1.29, 1.82) is 0 Å². The van der Waals surface area contributed by atoms with Crippen LogP contribution >= 0.6 is 0 Å². The smallest absolute Gasteiger partial charge is 0.326 e. The lowest BCUT2D eigenvalue weighted by Crippen LogP contribution is -2.41. The predicted molar refractivity (Wildman–Crippen MR) is 72.0 cm³/mol. The Morgan fingerprint density at radius 3 is 2.63 bits per heavy atom. The Labute approximate surface area is 113 Å². The molecule has 1 heterocycles. The van der Waals surface area contributed by atoms with E-state index in [9.17, 15) is 9.59 Å². The Kier molecular flexibility index (Phi) is 5.48. The molecule has 1 amide bonds. The molecule has 5 nitrogen and oxygen atoms in total. The molecular formula is C14H20N2O3. The van der Waals surface area contributed by atoms with Crippen molar-refractivity contribution in [3.8, 4) is 0 Å². The van der Waals surface area contributed by atoms with Crippen LogP contribution in [-0.2, 0) is 11.2 Å². The summed E-state index contributed by atoms with van der Waals surface area (Å²) in [5, 5.41) is 11.6. The van der Waals surface area contributed by atoms with Crippen molar-refractivity contribution in [2.75, 3.05) is 0 Å². The van der Waals surface area contributed by atoms with Crippen molar-refractivity contribution >= 4 is 11.9 Å². The summed E-state index contributed by atoms with van der Waals surface area (Å²) in [7, 11) is 0. The number of hydrogen-bond acceptors (Lipinski definition) is 3. The largest absolute Gasteiger partial charge is 0.480 e.